The van der Waals surface area contributed by atoms with Crippen molar-refractivity contribution in [2.75, 3.05) is 6.61 Å². The number of hydrogen-bond donors (Lipinski definition) is 0. The molecule has 3 atom stereocenters. The number of carbonyl (C=O) groups is 4. The molecule has 5 rings (SSSR count). The molecule has 0 aromatic heterocycles. The highest BCUT2D eigenvalue weighted by molar-refractivity contribution is 8.03. The second-order valence-electron chi connectivity index (χ2n) is 13.1. The molecule has 1 heterocycles. The van der Waals surface area contributed by atoms with Crippen LogP contribution in [-0.2, 0) is 28.7 Å². The molecule has 0 radical (unpaired) electrons. The van der Waals surface area contributed by atoms with Crippen LogP contribution in [0.4, 0.5) is 0 Å². The molecule has 0 N–H and O–H groups in total. The average molecular weight is 686 g/mol. The lowest BCUT2D eigenvalue weighted by molar-refractivity contribution is -0.147. The van der Waals surface area contributed by atoms with Crippen LogP contribution in [0.1, 0.15) is 59.8 Å². The van der Waals surface area contributed by atoms with Gasteiger partial charge < -0.3 is 9.47 Å². The number of nitrogens with zero attached hydrogens (tertiary/aromatic N) is 1. The Morgan fingerprint density at radius 1 is 0.938 bits per heavy atom. The summed E-state index contributed by atoms with van der Waals surface area (Å²) in [6.45, 7) is 4.59. The number of β-lactam (4-membered cyclic amide) rings is 1. The van der Waals surface area contributed by atoms with Gasteiger partial charge in [0.2, 0.25) is 5.91 Å². The Bertz CT molecular complexity index is 1600. The maximum absolute atomic E-state index is 14.4. The molecule has 1 saturated heterocycles. The van der Waals surface area contributed by atoms with Gasteiger partial charge in [-0.15, -0.1) is 11.8 Å². The molecule has 48 heavy (non-hydrogen) atoms. The number of carbonyl (C=O) groups excluding carboxylic acids is 4. The van der Waals surface area contributed by atoms with E-state index in [4.69, 9.17) is 9.47 Å². The van der Waals surface area contributed by atoms with E-state index in [1.54, 1.807) is 5.41 Å². The molecule has 3 aromatic rings. The van der Waals surface area contributed by atoms with Crippen molar-refractivity contribution in [3.05, 3.63) is 102 Å². The fraction of sp³-hybridized carbons (Fsp3) is 0.359. The van der Waals surface area contributed by atoms with Gasteiger partial charge in [0.15, 0.2) is 5.78 Å². The molecule has 252 valence electrons. The standard InChI is InChI=1S/C39H44NO6PS/c1-28(2)39(4)23-14-15-30(26-39)46-36(43)22-24-48-35-25-34(42)40(35)37(38(44)45-27-29(3)41)47(31-16-8-5-9-17-31,32-18-10-6-11-19-32)33-20-12-7-13-21-33/h5-13,16-22,24,28,30,35H,14-15,23,25-27H2,1-4H3/t30-,35-,39+/m0/s1. The third kappa shape index (κ3) is 7.55. The summed E-state index contributed by atoms with van der Waals surface area (Å²) in [6, 6.07) is 29.1. The lowest BCUT2D eigenvalue weighted by atomic mass is 9.67. The van der Waals surface area contributed by atoms with Crippen molar-refractivity contribution in [3.8, 4) is 0 Å². The van der Waals surface area contributed by atoms with Crippen molar-refractivity contribution < 1.29 is 28.7 Å². The number of rotatable bonds is 12. The first-order valence-electron chi connectivity index (χ1n) is 16.5. The largest absolute Gasteiger partial charge is 0.459 e. The van der Waals surface area contributed by atoms with Gasteiger partial charge in [0.25, 0.3) is 0 Å². The number of thioether (sulfide) groups is 1. The number of Topliss-reactive ketones (excluding diaryl/α,β-unsaturated/α-hetero) is 1. The molecule has 2 fully saturated rings. The number of likely N-dealkylation sites (tertiary alicyclic amines) is 1. The van der Waals surface area contributed by atoms with Gasteiger partial charge >= 0.3 is 11.9 Å². The zero-order valence-corrected chi connectivity index (χ0v) is 29.8. The molecule has 1 amide bonds. The minimum Gasteiger partial charge on any atom is -0.459 e. The number of hydrogen-bond acceptors (Lipinski definition) is 7. The molecule has 3 aromatic carbocycles. The van der Waals surface area contributed by atoms with Crippen LogP contribution < -0.4 is 15.9 Å². The van der Waals surface area contributed by atoms with Crippen LogP contribution in [0, 0.1) is 11.3 Å². The smallest absolute Gasteiger partial charge is 0.356 e. The van der Waals surface area contributed by atoms with E-state index in [1.165, 1.54) is 29.7 Å². The molecule has 9 heteroatoms. The van der Waals surface area contributed by atoms with E-state index in [1.807, 2.05) is 91.0 Å². The van der Waals surface area contributed by atoms with E-state index < -0.39 is 30.8 Å². The Labute approximate surface area is 288 Å². The maximum atomic E-state index is 14.4. The van der Waals surface area contributed by atoms with E-state index >= 15 is 0 Å². The summed E-state index contributed by atoms with van der Waals surface area (Å²) in [4.78, 5) is 54.5. The van der Waals surface area contributed by atoms with Gasteiger partial charge in [0.1, 0.15) is 18.1 Å². The molecule has 2 aliphatic rings. The monoisotopic (exact) mass is 685 g/mol. The molecule has 0 unspecified atom stereocenters. The van der Waals surface area contributed by atoms with Gasteiger partial charge in [-0.05, 0) is 65.3 Å². The SMILES string of the molecule is CC(=O)COC(=O)C(N1C(=O)C[C@@H]1SC=CC(=O)O[C@H]1CCC[C@@](C)(C(C)C)C1)=P(c1ccccc1)(c1ccccc1)c1ccccc1. The predicted octanol–water partition coefficient (Wildman–Crippen LogP) is 6.20. The van der Waals surface area contributed by atoms with Gasteiger partial charge in [-0.25, -0.2) is 9.59 Å². The minimum atomic E-state index is -3.06. The van der Waals surface area contributed by atoms with Crippen molar-refractivity contribution >= 4 is 63.6 Å². The van der Waals surface area contributed by atoms with Crippen LogP contribution in [0.5, 0.6) is 0 Å². The first kappa shape index (κ1) is 35.4. The summed E-state index contributed by atoms with van der Waals surface area (Å²) in [5.74, 6) is -1.18. The third-order valence-corrected chi connectivity index (χ3v) is 14.8. The summed E-state index contributed by atoms with van der Waals surface area (Å²) in [7, 11) is 0. The molecule has 1 saturated carbocycles. The zero-order valence-electron chi connectivity index (χ0n) is 28.0. The summed E-state index contributed by atoms with van der Waals surface area (Å²) in [6.07, 6.45) is 5.30. The number of benzene rings is 3. The molecule has 1 aliphatic carbocycles. The van der Waals surface area contributed by atoms with Crippen molar-refractivity contribution in [2.45, 2.75) is 71.3 Å². The van der Waals surface area contributed by atoms with Gasteiger partial charge in [-0.1, -0.05) is 112 Å². The molecule has 1 aliphatic heterocycles. The topological polar surface area (TPSA) is 90.0 Å². The fourth-order valence-corrected chi connectivity index (χ4v) is 12.1. The Balaban J connectivity index is 1.56. The van der Waals surface area contributed by atoms with E-state index in [2.05, 4.69) is 20.8 Å². The predicted molar refractivity (Wildman–Crippen MR) is 195 cm³/mol. The summed E-state index contributed by atoms with van der Waals surface area (Å²) >= 11 is 1.29. The van der Waals surface area contributed by atoms with Crippen molar-refractivity contribution in [3.63, 3.8) is 0 Å². The highest BCUT2D eigenvalue weighted by Crippen LogP contribution is 2.49. The summed E-state index contributed by atoms with van der Waals surface area (Å²) in [5.41, 5.74) is 0.344. The first-order valence-corrected chi connectivity index (χ1v) is 19.2. The fourth-order valence-electron chi connectivity index (χ4n) is 6.62. The highest BCUT2D eigenvalue weighted by atomic mass is 32.2. The Kier molecular flexibility index (Phi) is 11.5. The average Bonchev–Trinajstić information content (AvgIpc) is 3.08. The van der Waals surface area contributed by atoms with Gasteiger partial charge in [-0.3, -0.25) is 14.5 Å². The van der Waals surface area contributed by atoms with Gasteiger partial charge in [0.05, 0.1) is 11.8 Å². The quantitative estimate of drug-likeness (QED) is 0.0972. The van der Waals surface area contributed by atoms with E-state index in [0.717, 1.165) is 41.6 Å². The summed E-state index contributed by atoms with van der Waals surface area (Å²) < 4.78 is 11.5. The molecular weight excluding hydrogens is 641 g/mol. The molecular formula is C39H44NO6PS. The summed E-state index contributed by atoms with van der Waals surface area (Å²) in [5, 5.41) is 3.76. The number of esters is 2. The van der Waals surface area contributed by atoms with Crippen LogP contribution in [0.3, 0.4) is 0 Å². The van der Waals surface area contributed by atoms with Gasteiger partial charge in [0, 0.05) is 13.0 Å². The van der Waals surface area contributed by atoms with E-state index in [0.29, 0.717) is 5.92 Å². The van der Waals surface area contributed by atoms with Crippen LogP contribution in [0.2, 0.25) is 0 Å². The lowest BCUT2D eigenvalue weighted by Crippen LogP contribution is -2.58. The van der Waals surface area contributed by atoms with Gasteiger partial charge in [-0.2, -0.15) is 0 Å². The highest BCUT2D eigenvalue weighted by Gasteiger charge is 2.47. The molecule has 7 nitrogen and oxygen atoms in total. The Morgan fingerprint density at radius 2 is 1.48 bits per heavy atom. The number of amides is 1. The molecule has 0 bridgehead atoms. The van der Waals surface area contributed by atoms with Crippen molar-refractivity contribution in [1.82, 2.24) is 4.90 Å². The van der Waals surface area contributed by atoms with Crippen molar-refractivity contribution in [2.24, 2.45) is 11.3 Å². The van der Waals surface area contributed by atoms with Crippen LogP contribution in [0.15, 0.2) is 102 Å². The second kappa shape index (κ2) is 15.6. The van der Waals surface area contributed by atoms with E-state index in [9.17, 15) is 19.2 Å². The normalized spacial score (nSPS) is 21.1. The first-order chi connectivity index (χ1) is 23.1. The number of ether oxygens (including phenoxy) is 2. The second-order valence-corrected chi connectivity index (χ2v) is 17.5. The number of ketones is 1. The minimum absolute atomic E-state index is 0.126. The van der Waals surface area contributed by atoms with Crippen LogP contribution >= 0.6 is 18.6 Å². The Morgan fingerprint density at radius 3 is 1.96 bits per heavy atom. The van der Waals surface area contributed by atoms with Crippen LogP contribution in [0.25, 0.3) is 0 Å². The van der Waals surface area contributed by atoms with E-state index in [-0.39, 0.29) is 35.0 Å². The van der Waals surface area contributed by atoms with Crippen molar-refractivity contribution in [1.29, 1.82) is 0 Å². The molecule has 0 spiro atoms. The third-order valence-electron chi connectivity index (χ3n) is 9.56. The maximum Gasteiger partial charge on any atom is 0.356 e. The zero-order chi connectivity index (χ0) is 34.3. The lowest BCUT2D eigenvalue weighted by Gasteiger charge is -2.44. The Hall–Kier alpha value is -3.87. The van der Waals surface area contributed by atoms with Crippen LogP contribution in [-0.4, -0.2) is 52.0 Å².